The van der Waals surface area contributed by atoms with Crippen molar-refractivity contribution in [1.29, 1.82) is 0 Å². The molecule has 2 aromatic carbocycles. The van der Waals surface area contributed by atoms with E-state index >= 15 is 0 Å². The van der Waals surface area contributed by atoms with Gasteiger partial charge < -0.3 is 5.32 Å². The summed E-state index contributed by atoms with van der Waals surface area (Å²) >= 11 is 5.49. The molecule has 1 unspecified atom stereocenters. The van der Waals surface area contributed by atoms with Gasteiger partial charge in [0.2, 0.25) is 0 Å². The molecule has 2 rings (SSSR count). The lowest BCUT2D eigenvalue weighted by molar-refractivity contribution is 0.542. The first-order valence-electron chi connectivity index (χ1n) is 6.53. The van der Waals surface area contributed by atoms with Crippen LogP contribution in [-0.2, 0) is 6.42 Å². The van der Waals surface area contributed by atoms with Gasteiger partial charge in [-0.1, -0.05) is 25.1 Å². The van der Waals surface area contributed by atoms with Crippen LogP contribution in [-0.4, -0.2) is 6.54 Å². The van der Waals surface area contributed by atoms with Crippen molar-refractivity contribution >= 4 is 38.5 Å². The second-order valence-corrected chi connectivity index (χ2v) is 6.71. The van der Waals surface area contributed by atoms with Gasteiger partial charge in [-0.2, -0.15) is 0 Å². The highest BCUT2D eigenvalue weighted by atomic mass is 127. The van der Waals surface area contributed by atoms with Crippen LogP contribution in [0, 0.1) is 9.39 Å². The van der Waals surface area contributed by atoms with E-state index in [0.29, 0.717) is 4.47 Å². The zero-order valence-electron chi connectivity index (χ0n) is 11.2. The van der Waals surface area contributed by atoms with Crippen LogP contribution >= 0.6 is 38.5 Å². The monoisotopic (exact) mass is 447 g/mol. The molecular formula is C16H16BrFIN. The van der Waals surface area contributed by atoms with Crippen molar-refractivity contribution in [1.82, 2.24) is 5.32 Å². The molecule has 4 heteroatoms. The molecule has 0 radical (unpaired) electrons. The molecule has 20 heavy (non-hydrogen) atoms. The van der Waals surface area contributed by atoms with E-state index in [4.69, 9.17) is 0 Å². The lowest BCUT2D eigenvalue weighted by atomic mass is 9.99. The maximum absolute atomic E-state index is 13.7. The van der Waals surface area contributed by atoms with Crippen LogP contribution in [0.5, 0.6) is 0 Å². The summed E-state index contributed by atoms with van der Waals surface area (Å²) in [5, 5.41) is 3.42. The molecule has 2 aromatic rings. The van der Waals surface area contributed by atoms with Crippen molar-refractivity contribution in [2.45, 2.75) is 19.4 Å². The standard InChI is InChI=1S/C16H16BrFIN/c1-2-20-16(9-11-3-6-13(19)7-4-11)12-5-8-14(17)15(18)10-12/h3-8,10,16,20H,2,9H2,1H3. The van der Waals surface area contributed by atoms with Crippen molar-refractivity contribution in [2.75, 3.05) is 6.54 Å². The fourth-order valence-electron chi connectivity index (χ4n) is 2.14. The fraction of sp³-hybridized carbons (Fsp3) is 0.250. The minimum Gasteiger partial charge on any atom is -0.310 e. The van der Waals surface area contributed by atoms with E-state index in [0.717, 1.165) is 18.5 Å². The first kappa shape index (κ1) is 15.9. The Morgan fingerprint density at radius 3 is 2.50 bits per heavy atom. The minimum absolute atomic E-state index is 0.127. The summed E-state index contributed by atoms with van der Waals surface area (Å²) in [6, 6.07) is 13.9. The van der Waals surface area contributed by atoms with Gasteiger partial charge in [0.15, 0.2) is 0 Å². The van der Waals surface area contributed by atoms with E-state index in [1.54, 1.807) is 12.1 Å². The van der Waals surface area contributed by atoms with Crippen LogP contribution in [0.4, 0.5) is 4.39 Å². The summed E-state index contributed by atoms with van der Waals surface area (Å²) < 4.78 is 15.4. The SMILES string of the molecule is CCNC(Cc1ccc(I)cc1)c1ccc(Br)c(F)c1. The zero-order valence-corrected chi connectivity index (χ0v) is 14.9. The van der Waals surface area contributed by atoms with Crippen molar-refractivity contribution in [3.8, 4) is 0 Å². The molecule has 1 nitrogen and oxygen atoms in total. The first-order chi connectivity index (χ1) is 9.60. The van der Waals surface area contributed by atoms with Gasteiger partial charge in [0.25, 0.3) is 0 Å². The van der Waals surface area contributed by atoms with Crippen molar-refractivity contribution in [3.05, 3.63) is 67.5 Å². The number of rotatable bonds is 5. The van der Waals surface area contributed by atoms with Crippen LogP contribution < -0.4 is 5.32 Å². The first-order valence-corrected chi connectivity index (χ1v) is 8.40. The van der Waals surface area contributed by atoms with Gasteiger partial charge in [0, 0.05) is 9.61 Å². The zero-order chi connectivity index (χ0) is 14.5. The summed E-state index contributed by atoms with van der Waals surface area (Å²) in [7, 11) is 0. The Kier molecular flexibility index (Phi) is 5.99. The maximum atomic E-state index is 13.7. The normalized spacial score (nSPS) is 12.4. The van der Waals surface area contributed by atoms with Crippen LogP contribution in [0.1, 0.15) is 24.1 Å². The fourth-order valence-corrected chi connectivity index (χ4v) is 2.75. The van der Waals surface area contributed by atoms with Gasteiger partial charge in [-0.3, -0.25) is 0 Å². The Labute approximate surface area is 141 Å². The third-order valence-electron chi connectivity index (χ3n) is 3.15. The van der Waals surface area contributed by atoms with E-state index in [1.807, 2.05) is 6.07 Å². The highest BCUT2D eigenvalue weighted by Gasteiger charge is 2.13. The van der Waals surface area contributed by atoms with Crippen molar-refractivity contribution in [3.63, 3.8) is 0 Å². The second kappa shape index (κ2) is 7.52. The summed E-state index contributed by atoms with van der Waals surface area (Å²) in [6.45, 7) is 2.92. The number of hydrogen-bond donors (Lipinski definition) is 1. The summed E-state index contributed by atoms with van der Waals surface area (Å²) in [6.07, 6.45) is 0.853. The number of nitrogens with one attached hydrogen (secondary N) is 1. The van der Waals surface area contributed by atoms with E-state index in [-0.39, 0.29) is 11.9 Å². The van der Waals surface area contributed by atoms with E-state index in [1.165, 1.54) is 9.13 Å². The average Bonchev–Trinajstić information content (AvgIpc) is 2.44. The lowest BCUT2D eigenvalue weighted by Gasteiger charge is -2.19. The average molecular weight is 448 g/mol. The predicted octanol–water partition coefficient (Wildman–Crippen LogP) is 5.09. The number of hydrogen-bond acceptors (Lipinski definition) is 1. The highest BCUT2D eigenvalue weighted by molar-refractivity contribution is 14.1. The second-order valence-electron chi connectivity index (χ2n) is 4.61. The Bertz CT molecular complexity index is 571. The molecule has 0 aliphatic rings. The topological polar surface area (TPSA) is 12.0 Å². The largest absolute Gasteiger partial charge is 0.310 e. The van der Waals surface area contributed by atoms with Gasteiger partial charge in [-0.25, -0.2) is 4.39 Å². The van der Waals surface area contributed by atoms with Gasteiger partial charge in [-0.15, -0.1) is 0 Å². The van der Waals surface area contributed by atoms with Crippen molar-refractivity contribution in [2.24, 2.45) is 0 Å². The van der Waals surface area contributed by atoms with Gasteiger partial charge in [0.05, 0.1) is 4.47 Å². The molecule has 0 amide bonds. The maximum Gasteiger partial charge on any atom is 0.137 e. The van der Waals surface area contributed by atoms with Gasteiger partial charge in [-0.05, 0) is 86.9 Å². The summed E-state index contributed by atoms with van der Waals surface area (Å²) in [5.74, 6) is -0.215. The van der Waals surface area contributed by atoms with Gasteiger partial charge >= 0.3 is 0 Å². The molecule has 1 N–H and O–H groups in total. The van der Waals surface area contributed by atoms with Crippen molar-refractivity contribution < 1.29 is 4.39 Å². The third kappa shape index (κ3) is 4.27. The molecule has 0 saturated heterocycles. The third-order valence-corrected chi connectivity index (χ3v) is 4.51. The predicted molar refractivity (Wildman–Crippen MR) is 93.4 cm³/mol. The minimum atomic E-state index is -0.215. The highest BCUT2D eigenvalue weighted by Crippen LogP contribution is 2.23. The Morgan fingerprint density at radius 1 is 1.20 bits per heavy atom. The van der Waals surface area contributed by atoms with E-state index in [2.05, 4.69) is 75.0 Å². The molecule has 0 fully saturated rings. The van der Waals surface area contributed by atoms with Crippen LogP contribution in [0.2, 0.25) is 0 Å². The number of likely N-dealkylation sites (N-methyl/N-ethyl adjacent to an activating group) is 1. The van der Waals surface area contributed by atoms with Crippen LogP contribution in [0.25, 0.3) is 0 Å². The Balaban J connectivity index is 2.21. The molecule has 106 valence electrons. The molecule has 0 aromatic heterocycles. The summed E-state index contributed by atoms with van der Waals surface area (Å²) in [4.78, 5) is 0. The molecule has 1 atom stereocenters. The molecule has 0 spiro atoms. The molecule has 0 aliphatic carbocycles. The van der Waals surface area contributed by atoms with Gasteiger partial charge in [0.1, 0.15) is 5.82 Å². The molecular weight excluding hydrogens is 432 g/mol. The van der Waals surface area contributed by atoms with E-state index in [9.17, 15) is 4.39 Å². The summed E-state index contributed by atoms with van der Waals surface area (Å²) in [5.41, 5.74) is 2.23. The quantitative estimate of drug-likeness (QED) is 0.629. The Morgan fingerprint density at radius 2 is 1.90 bits per heavy atom. The number of halogens is 3. The number of benzene rings is 2. The molecule has 0 aliphatic heterocycles. The van der Waals surface area contributed by atoms with E-state index < -0.39 is 0 Å². The Hall–Kier alpha value is -0.460. The molecule has 0 saturated carbocycles. The van der Waals surface area contributed by atoms with Crippen LogP contribution in [0.15, 0.2) is 46.9 Å². The molecule has 0 bridgehead atoms. The van der Waals surface area contributed by atoms with Crippen LogP contribution in [0.3, 0.4) is 0 Å². The molecule has 0 heterocycles. The lowest BCUT2D eigenvalue weighted by Crippen LogP contribution is -2.23. The smallest absolute Gasteiger partial charge is 0.137 e.